The number of H-pyrrole nitrogens is 1. The van der Waals surface area contributed by atoms with Gasteiger partial charge < -0.3 is 9.72 Å². The lowest BCUT2D eigenvalue weighted by Gasteiger charge is -2.19. The lowest BCUT2D eigenvalue weighted by molar-refractivity contribution is 0.0570. The summed E-state index contributed by atoms with van der Waals surface area (Å²) >= 11 is 0. The number of carbonyl (C=O) groups excluding carboxylic acids is 1. The SMILES string of the molecule is CC(C)(C)OC(=O)NS(=O)(=O)c1ncc[nH]1. The molecule has 1 rings (SSSR count). The van der Waals surface area contributed by atoms with E-state index in [4.69, 9.17) is 4.74 Å². The van der Waals surface area contributed by atoms with Crippen LogP contribution in [0.1, 0.15) is 20.8 Å². The van der Waals surface area contributed by atoms with Crippen LogP contribution in [0, 0.1) is 0 Å². The van der Waals surface area contributed by atoms with Crippen LogP contribution in [0.15, 0.2) is 17.6 Å². The molecule has 1 amide bonds. The lowest BCUT2D eigenvalue weighted by atomic mass is 10.2. The van der Waals surface area contributed by atoms with Crippen LogP contribution in [0.4, 0.5) is 4.79 Å². The predicted molar refractivity (Wildman–Crippen MR) is 55.1 cm³/mol. The number of ether oxygens (including phenoxy) is 1. The van der Waals surface area contributed by atoms with Gasteiger partial charge in [-0.05, 0) is 20.8 Å². The molecule has 90 valence electrons. The summed E-state index contributed by atoms with van der Waals surface area (Å²) in [7, 11) is -3.98. The maximum absolute atomic E-state index is 11.5. The van der Waals surface area contributed by atoms with Crippen molar-refractivity contribution in [3.05, 3.63) is 12.4 Å². The monoisotopic (exact) mass is 247 g/mol. The summed E-state index contributed by atoms with van der Waals surface area (Å²) in [4.78, 5) is 17.1. The zero-order valence-electron chi connectivity index (χ0n) is 9.14. The molecule has 16 heavy (non-hydrogen) atoms. The molecule has 7 nitrogen and oxygen atoms in total. The maximum atomic E-state index is 11.5. The van der Waals surface area contributed by atoms with Gasteiger partial charge in [-0.1, -0.05) is 0 Å². The number of sulfonamides is 1. The zero-order chi connectivity index (χ0) is 12.4. The van der Waals surface area contributed by atoms with Crippen LogP contribution in [-0.2, 0) is 14.8 Å². The highest BCUT2D eigenvalue weighted by Crippen LogP contribution is 2.08. The Hall–Kier alpha value is -1.57. The van der Waals surface area contributed by atoms with Gasteiger partial charge in [-0.25, -0.2) is 14.5 Å². The van der Waals surface area contributed by atoms with Crippen LogP contribution in [-0.4, -0.2) is 30.1 Å². The predicted octanol–water partition coefficient (Wildman–Crippen LogP) is 0.623. The number of hydrogen-bond donors (Lipinski definition) is 2. The van der Waals surface area contributed by atoms with Gasteiger partial charge in [0.05, 0.1) is 0 Å². The van der Waals surface area contributed by atoms with Crippen LogP contribution in [0.5, 0.6) is 0 Å². The van der Waals surface area contributed by atoms with E-state index < -0.39 is 21.7 Å². The third kappa shape index (κ3) is 3.54. The zero-order valence-corrected chi connectivity index (χ0v) is 9.96. The first-order valence-corrected chi connectivity index (χ1v) is 5.94. The van der Waals surface area contributed by atoms with Crippen molar-refractivity contribution in [2.75, 3.05) is 0 Å². The highest BCUT2D eigenvalue weighted by Gasteiger charge is 2.24. The van der Waals surface area contributed by atoms with Crippen molar-refractivity contribution < 1.29 is 17.9 Å². The molecule has 1 aromatic heterocycles. The Bertz CT molecular complexity index is 458. The molecule has 1 aromatic rings. The van der Waals surface area contributed by atoms with Gasteiger partial charge in [0.25, 0.3) is 0 Å². The van der Waals surface area contributed by atoms with Crippen molar-refractivity contribution in [2.45, 2.75) is 31.5 Å². The molecule has 1 heterocycles. The minimum absolute atomic E-state index is 0.335. The number of nitrogens with one attached hydrogen (secondary N) is 2. The van der Waals surface area contributed by atoms with E-state index in [1.165, 1.54) is 12.4 Å². The third-order valence-electron chi connectivity index (χ3n) is 1.34. The molecular formula is C8H13N3O4S. The van der Waals surface area contributed by atoms with Gasteiger partial charge in [-0.2, -0.15) is 8.42 Å². The highest BCUT2D eigenvalue weighted by molar-refractivity contribution is 7.89. The van der Waals surface area contributed by atoms with Crippen molar-refractivity contribution >= 4 is 16.1 Å². The van der Waals surface area contributed by atoms with Crippen molar-refractivity contribution in [2.24, 2.45) is 0 Å². The second kappa shape index (κ2) is 4.12. The normalized spacial score (nSPS) is 12.2. The summed E-state index contributed by atoms with van der Waals surface area (Å²) in [6, 6.07) is 0. The van der Waals surface area contributed by atoms with E-state index in [1.54, 1.807) is 25.5 Å². The molecule has 0 aliphatic heterocycles. The average molecular weight is 247 g/mol. The molecule has 0 unspecified atom stereocenters. The van der Waals surface area contributed by atoms with E-state index in [-0.39, 0.29) is 5.16 Å². The Balaban J connectivity index is 2.72. The topological polar surface area (TPSA) is 101 Å². The van der Waals surface area contributed by atoms with E-state index in [0.717, 1.165) is 0 Å². The minimum atomic E-state index is -3.98. The molecule has 0 aromatic carbocycles. The largest absolute Gasteiger partial charge is 0.443 e. The van der Waals surface area contributed by atoms with Crippen molar-refractivity contribution in [3.8, 4) is 0 Å². The summed E-state index contributed by atoms with van der Waals surface area (Å²) in [5.41, 5.74) is -0.761. The minimum Gasteiger partial charge on any atom is -0.443 e. The molecule has 0 bridgehead atoms. The number of hydrogen-bond acceptors (Lipinski definition) is 5. The van der Waals surface area contributed by atoms with Crippen molar-refractivity contribution in [1.29, 1.82) is 0 Å². The fourth-order valence-corrected chi connectivity index (χ4v) is 1.64. The van der Waals surface area contributed by atoms with Gasteiger partial charge in [0.15, 0.2) is 0 Å². The summed E-state index contributed by atoms with van der Waals surface area (Å²) in [6.07, 6.45) is 1.57. The Morgan fingerprint density at radius 1 is 1.50 bits per heavy atom. The van der Waals surface area contributed by atoms with E-state index >= 15 is 0 Å². The first-order chi connectivity index (χ1) is 7.21. The number of carbonyl (C=O) groups is 1. The molecular weight excluding hydrogens is 234 g/mol. The molecule has 2 N–H and O–H groups in total. The van der Waals surface area contributed by atoms with Crippen LogP contribution >= 0.6 is 0 Å². The number of nitrogens with zero attached hydrogens (tertiary/aromatic N) is 1. The van der Waals surface area contributed by atoms with Crippen LogP contribution in [0.2, 0.25) is 0 Å². The Labute approximate surface area is 93.3 Å². The first-order valence-electron chi connectivity index (χ1n) is 4.46. The molecule has 0 saturated heterocycles. The van der Waals surface area contributed by atoms with Crippen LogP contribution in [0.3, 0.4) is 0 Å². The van der Waals surface area contributed by atoms with E-state index in [2.05, 4.69) is 9.97 Å². The number of aromatic nitrogens is 2. The molecule has 0 aliphatic rings. The smallest absolute Gasteiger partial charge is 0.421 e. The molecule has 0 aliphatic carbocycles. The van der Waals surface area contributed by atoms with Crippen LogP contribution < -0.4 is 4.72 Å². The second-order valence-electron chi connectivity index (χ2n) is 4.00. The van der Waals surface area contributed by atoms with Gasteiger partial charge in [0.1, 0.15) is 5.60 Å². The van der Waals surface area contributed by atoms with E-state index in [1.807, 2.05) is 0 Å². The summed E-state index contributed by atoms with van der Waals surface area (Å²) in [6.45, 7) is 4.89. The average Bonchev–Trinajstić information content (AvgIpc) is 2.49. The fourth-order valence-electron chi connectivity index (χ4n) is 0.855. The van der Waals surface area contributed by atoms with Gasteiger partial charge in [-0.15, -0.1) is 0 Å². The Morgan fingerprint density at radius 2 is 2.12 bits per heavy atom. The first kappa shape index (κ1) is 12.5. The second-order valence-corrected chi connectivity index (χ2v) is 5.60. The number of imidazole rings is 1. The lowest BCUT2D eigenvalue weighted by Crippen LogP contribution is -2.36. The number of aromatic amines is 1. The van der Waals surface area contributed by atoms with Gasteiger partial charge in [-0.3, -0.25) is 0 Å². The molecule has 0 saturated carbocycles. The highest BCUT2D eigenvalue weighted by atomic mass is 32.2. The van der Waals surface area contributed by atoms with Gasteiger partial charge in [0, 0.05) is 12.4 Å². The van der Waals surface area contributed by atoms with Crippen LogP contribution in [0.25, 0.3) is 0 Å². The number of amides is 1. The van der Waals surface area contributed by atoms with E-state index in [0.29, 0.717) is 0 Å². The molecule has 8 heteroatoms. The van der Waals surface area contributed by atoms with Crippen molar-refractivity contribution in [1.82, 2.24) is 14.7 Å². The van der Waals surface area contributed by atoms with Gasteiger partial charge >= 0.3 is 16.1 Å². The Morgan fingerprint density at radius 3 is 2.56 bits per heavy atom. The molecule has 0 atom stereocenters. The third-order valence-corrected chi connectivity index (χ3v) is 2.51. The quantitative estimate of drug-likeness (QED) is 0.797. The number of rotatable bonds is 2. The standard InChI is InChI=1S/C8H13N3O4S/c1-8(2,3)15-7(12)11-16(13,14)6-9-4-5-10-6/h4-5H,1-3H3,(H,9,10)(H,11,12). The molecule has 0 spiro atoms. The van der Waals surface area contributed by atoms with Gasteiger partial charge in [0.2, 0.25) is 5.16 Å². The fraction of sp³-hybridized carbons (Fsp3) is 0.500. The summed E-state index contributed by atoms with van der Waals surface area (Å²) < 4.78 is 29.5. The summed E-state index contributed by atoms with van der Waals surface area (Å²) in [5.74, 6) is 0. The molecule has 0 fully saturated rings. The Kier molecular flexibility index (Phi) is 3.22. The summed E-state index contributed by atoms with van der Waals surface area (Å²) in [5, 5.41) is -0.335. The van der Waals surface area contributed by atoms with E-state index in [9.17, 15) is 13.2 Å². The molecule has 0 radical (unpaired) electrons. The van der Waals surface area contributed by atoms with Crippen molar-refractivity contribution in [3.63, 3.8) is 0 Å². The maximum Gasteiger partial charge on any atom is 0.421 e.